The van der Waals surface area contributed by atoms with Crippen molar-refractivity contribution in [3.05, 3.63) is 44.3 Å². The Morgan fingerprint density at radius 2 is 1.95 bits per heavy atom. The van der Waals surface area contributed by atoms with Crippen molar-refractivity contribution >= 4 is 51.2 Å². The second-order valence-corrected chi connectivity index (χ2v) is 7.15. The first kappa shape index (κ1) is 15.6. The molecular weight excluding hydrogens is 431 g/mol. The van der Waals surface area contributed by atoms with Crippen LogP contribution in [0.4, 0.5) is 0 Å². The Kier molecular flexibility index (Phi) is 4.84. The second kappa shape index (κ2) is 6.84. The van der Waals surface area contributed by atoms with Crippen LogP contribution in [0.25, 0.3) is 21.3 Å². The van der Waals surface area contributed by atoms with Crippen molar-refractivity contribution in [2.45, 2.75) is 6.92 Å². The van der Waals surface area contributed by atoms with Gasteiger partial charge in [0.2, 0.25) is 0 Å². The van der Waals surface area contributed by atoms with Gasteiger partial charge in [0.05, 0.1) is 6.61 Å². The fourth-order valence-electron chi connectivity index (χ4n) is 1.82. The molecule has 0 N–H and O–H groups in total. The van der Waals surface area contributed by atoms with Gasteiger partial charge in [0.25, 0.3) is 0 Å². The molecule has 0 spiro atoms. The monoisotopic (exact) mass is 442 g/mol. The second-order valence-electron chi connectivity index (χ2n) is 4.28. The third-order valence-electron chi connectivity index (χ3n) is 2.82. The van der Waals surface area contributed by atoms with Gasteiger partial charge >= 0.3 is 5.97 Å². The van der Waals surface area contributed by atoms with E-state index < -0.39 is 5.97 Å². The summed E-state index contributed by atoms with van der Waals surface area (Å²) in [5.74, 6) is -0.391. The van der Waals surface area contributed by atoms with Crippen LogP contribution in [0.1, 0.15) is 17.4 Å². The van der Waals surface area contributed by atoms with Crippen LogP contribution in [0.5, 0.6) is 0 Å². The fourth-order valence-corrected chi connectivity index (χ4v) is 4.31. The average Bonchev–Trinajstić information content (AvgIpc) is 3.17. The standard InChI is InChI=1S/C15H11IN2O2S2/c1-2-20-15(19)12-8-22-14(18-12)11-7-21-13(17-11)9-5-3-4-6-10(9)16/h3-8H,2H2,1H3. The van der Waals surface area contributed by atoms with Crippen molar-refractivity contribution in [1.29, 1.82) is 0 Å². The maximum Gasteiger partial charge on any atom is 0.357 e. The quantitative estimate of drug-likeness (QED) is 0.434. The molecule has 4 nitrogen and oxygen atoms in total. The predicted molar refractivity (Wildman–Crippen MR) is 97.3 cm³/mol. The molecule has 0 atom stereocenters. The first-order chi connectivity index (χ1) is 10.7. The smallest absolute Gasteiger partial charge is 0.357 e. The number of esters is 1. The van der Waals surface area contributed by atoms with Crippen molar-refractivity contribution < 1.29 is 9.53 Å². The van der Waals surface area contributed by atoms with Crippen molar-refractivity contribution in [3.8, 4) is 21.3 Å². The van der Waals surface area contributed by atoms with Crippen LogP contribution in [0.3, 0.4) is 0 Å². The zero-order chi connectivity index (χ0) is 15.5. The van der Waals surface area contributed by atoms with Crippen molar-refractivity contribution in [2.75, 3.05) is 6.61 Å². The highest BCUT2D eigenvalue weighted by Gasteiger charge is 2.15. The van der Waals surface area contributed by atoms with Crippen molar-refractivity contribution in [2.24, 2.45) is 0 Å². The number of aromatic nitrogens is 2. The zero-order valence-electron chi connectivity index (χ0n) is 11.6. The first-order valence-electron chi connectivity index (χ1n) is 6.52. The van der Waals surface area contributed by atoms with Gasteiger partial charge in [-0.1, -0.05) is 18.2 Å². The molecule has 3 rings (SSSR count). The molecule has 0 unspecified atom stereocenters. The third kappa shape index (κ3) is 3.21. The number of ether oxygens (including phenoxy) is 1. The van der Waals surface area contributed by atoms with Crippen LogP contribution in [-0.4, -0.2) is 22.5 Å². The molecular formula is C15H11IN2O2S2. The Morgan fingerprint density at radius 1 is 1.18 bits per heavy atom. The number of thiazole rings is 2. The van der Waals surface area contributed by atoms with E-state index in [4.69, 9.17) is 4.74 Å². The van der Waals surface area contributed by atoms with Gasteiger partial charge in [-0.3, -0.25) is 0 Å². The van der Waals surface area contributed by atoms with Crippen LogP contribution < -0.4 is 0 Å². The molecule has 0 bridgehead atoms. The topological polar surface area (TPSA) is 52.1 Å². The minimum absolute atomic E-state index is 0.339. The molecule has 7 heteroatoms. The summed E-state index contributed by atoms with van der Waals surface area (Å²) in [4.78, 5) is 20.6. The highest BCUT2D eigenvalue weighted by Crippen LogP contribution is 2.32. The fraction of sp³-hybridized carbons (Fsp3) is 0.133. The molecule has 0 aliphatic rings. The number of halogens is 1. The number of carbonyl (C=O) groups excluding carboxylic acids is 1. The highest BCUT2D eigenvalue weighted by molar-refractivity contribution is 14.1. The maximum atomic E-state index is 11.7. The minimum atomic E-state index is -0.391. The molecule has 0 radical (unpaired) electrons. The van der Waals surface area contributed by atoms with E-state index in [1.165, 1.54) is 11.3 Å². The normalized spacial score (nSPS) is 10.6. The molecule has 0 amide bonds. The summed E-state index contributed by atoms with van der Waals surface area (Å²) in [6.45, 7) is 2.12. The lowest BCUT2D eigenvalue weighted by molar-refractivity contribution is 0.0520. The number of nitrogens with zero attached hydrogens (tertiary/aromatic N) is 2. The van der Waals surface area contributed by atoms with Gasteiger partial charge in [0, 0.05) is 19.9 Å². The highest BCUT2D eigenvalue weighted by atomic mass is 127. The first-order valence-corrected chi connectivity index (χ1v) is 9.36. The van der Waals surface area contributed by atoms with Crippen LogP contribution in [0.15, 0.2) is 35.0 Å². The molecule has 0 fully saturated rings. The van der Waals surface area contributed by atoms with Gasteiger partial charge in [-0.25, -0.2) is 14.8 Å². The summed E-state index contributed by atoms with van der Waals surface area (Å²) in [7, 11) is 0. The maximum absolute atomic E-state index is 11.7. The lowest BCUT2D eigenvalue weighted by Gasteiger charge is -1.98. The largest absolute Gasteiger partial charge is 0.461 e. The Hall–Kier alpha value is -1.32. The minimum Gasteiger partial charge on any atom is -0.461 e. The number of rotatable bonds is 4. The SMILES string of the molecule is CCOC(=O)c1csc(-c2csc(-c3ccccc3I)n2)n1. The molecule has 2 aromatic heterocycles. The molecule has 0 aliphatic carbocycles. The lowest BCUT2D eigenvalue weighted by Crippen LogP contribution is -2.04. The molecule has 2 heterocycles. The Morgan fingerprint density at radius 3 is 2.73 bits per heavy atom. The van der Waals surface area contributed by atoms with Crippen molar-refractivity contribution in [3.63, 3.8) is 0 Å². The molecule has 112 valence electrons. The predicted octanol–water partition coefficient (Wildman–Crippen LogP) is 4.71. The molecule has 1 aromatic carbocycles. The summed E-state index contributed by atoms with van der Waals surface area (Å²) >= 11 is 5.28. The van der Waals surface area contributed by atoms with Gasteiger partial charge in [0.1, 0.15) is 15.7 Å². The van der Waals surface area contributed by atoms with E-state index in [9.17, 15) is 4.79 Å². The lowest BCUT2D eigenvalue weighted by atomic mass is 10.2. The summed E-state index contributed by atoms with van der Waals surface area (Å²) < 4.78 is 6.11. The Balaban J connectivity index is 1.88. The Labute approximate surface area is 149 Å². The van der Waals surface area contributed by atoms with Gasteiger partial charge in [0.15, 0.2) is 5.69 Å². The molecule has 0 aliphatic heterocycles. The molecule has 0 saturated heterocycles. The molecule has 22 heavy (non-hydrogen) atoms. The van der Waals surface area contributed by atoms with Crippen LogP contribution in [0, 0.1) is 3.57 Å². The number of carbonyl (C=O) groups is 1. The van der Waals surface area contributed by atoms with Gasteiger partial charge in [-0.2, -0.15) is 0 Å². The van der Waals surface area contributed by atoms with E-state index in [2.05, 4.69) is 44.7 Å². The van der Waals surface area contributed by atoms with Gasteiger partial charge in [-0.05, 0) is 35.6 Å². The van der Waals surface area contributed by atoms with E-state index in [0.717, 1.165) is 24.8 Å². The number of benzene rings is 1. The summed E-state index contributed by atoms with van der Waals surface area (Å²) in [5, 5.41) is 5.36. The van der Waals surface area contributed by atoms with Crippen molar-refractivity contribution in [1.82, 2.24) is 9.97 Å². The third-order valence-corrected chi connectivity index (χ3v) is 5.50. The Bertz CT molecular complexity index is 813. The zero-order valence-corrected chi connectivity index (χ0v) is 15.4. The van der Waals surface area contributed by atoms with Crippen LogP contribution in [-0.2, 0) is 4.74 Å². The van der Waals surface area contributed by atoms with E-state index in [1.54, 1.807) is 23.6 Å². The molecule has 3 aromatic rings. The summed E-state index contributed by atoms with van der Waals surface area (Å²) in [6, 6.07) is 8.11. The van der Waals surface area contributed by atoms with E-state index >= 15 is 0 Å². The summed E-state index contributed by atoms with van der Waals surface area (Å²) in [5.41, 5.74) is 2.24. The van der Waals surface area contributed by atoms with Gasteiger partial charge in [-0.15, -0.1) is 22.7 Å². The average molecular weight is 442 g/mol. The van der Waals surface area contributed by atoms with E-state index in [-0.39, 0.29) is 0 Å². The van der Waals surface area contributed by atoms with E-state index in [0.29, 0.717) is 12.3 Å². The number of hydrogen-bond donors (Lipinski definition) is 0. The van der Waals surface area contributed by atoms with E-state index in [1.807, 2.05) is 17.5 Å². The van der Waals surface area contributed by atoms with Gasteiger partial charge < -0.3 is 4.74 Å². The number of hydrogen-bond acceptors (Lipinski definition) is 6. The molecule has 0 saturated carbocycles. The van der Waals surface area contributed by atoms with Crippen LogP contribution >= 0.6 is 45.3 Å². The van der Waals surface area contributed by atoms with Crippen LogP contribution in [0.2, 0.25) is 0 Å². The summed E-state index contributed by atoms with van der Waals surface area (Å²) in [6.07, 6.45) is 0.